The van der Waals surface area contributed by atoms with E-state index in [4.69, 9.17) is 15.2 Å². The number of primary amides is 1. The number of aliphatic hydroxyl groups is 1. The fraction of sp³-hybridized carbons (Fsp3) is 0.510. The summed E-state index contributed by atoms with van der Waals surface area (Å²) in [6, 6.07) is 19.7. The number of alkyl carbamates (subject to hydrolysis) is 1. The highest BCUT2D eigenvalue weighted by atomic mass is 16.6. The van der Waals surface area contributed by atoms with Crippen LogP contribution in [0.5, 0.6) is 0 Å². The number of rotatable bonds is 23. The molecule has 1 heterocycles. The second-order valence-electron chi connectivity index (χ2n) is 18.9. The molecule has 17 nitrogen and oxygen atoms in total. The Kier molecular flexibility index (Phi) is 20.5. The molecule has 1 saturated heterocycles. The lowest BCUT2D eigenvalue weighted by Crippen LogP contribution is -2.59. The zero-order valence-corrected chi connectivity index (χ0v) is 40.6. The third-order valence-electron chi connectivity index (χ3n) is 11.9. The summed E-state index contributed by atoms with van der Waals surface area (Å²) in [7, 11) is 1.24. The number of amides is 6. The van der Waals surface area contributed by atoms with Gasteiger partial charge in [0.15, 0.2) is 0 Å². The molecular formula is C51H71N7O10. The van der Waals surface area contributed by atoms with E-state index in [1.807, 2.05) is 92.7 Å². The smallest absolute Gasteiger partial charge is 0.408 e. The van der Waals surface area contributed by atoms with E-state index in [0.717, 1.165) is 16.7 Å². The van der Waals surface area contributed by atoms with Crippen molar-refractivity contribution in [1.82, 2.24) is 31.5 Å². The van der Waals surface area contributed by atoms with Crippen LogP contribution in [0.15, 0.2) is 84.9 Å². The first kappa shape index (κ1) is 54.3. The minimum absolute atomic E-state index is 0.00861. The number of carbonyl (C=O) groups excluding carboxylic acids is 7. The molecule has 3 aromatic carbocycles. The maximum absolute atomic E-state index is 14.3. The van der Waals surface area contributed by atoms with Gasteiger partial charge in [-0.15, -0.1) is 0 Å². The molecule has 1 aliphatic rings. The molecule has 6 amide bonds. The quantitative estimate of drug-likeness (QED) is 0.0678. The van der Waals surface area contributed by atoms with Crippen molar-refractivity contribution in [2.45, 2.75) is 135 Å². The van der Waals surface area contributed by atoms with E-state index in [-0.39, 0.29) is 31.2 Å². The number of methoxy groups -OCH3 is 1. The fourth-order valence-electron chi connectivity index (χ4n) is 8.05. The molecule has 8 atom stereocenters. The summed E-state index contributed by atoms with van der Waals surface area (Å²) in [6.07, 6.45) is -1.04. The first-order chi connectivity index (χ1) is 32.2. The van der Waals surface area contributed by atoms with Gasteiger partial charge in [0.2, 0.25) is 29.5 Å². The number of ether oxygens (including phenoxy) is 2. The largest absolute Gasteiger partial charge is 0.467 e. The summed E-state index contributed by atoms with van der Waals surface area (Å²) in [5, 5.41) is 25.7. The molecule has 0 radical (unpaired) electrons. The van der Waals surface area contributed by atoms with Gasteiger partial charge in [0.25, 0.3) is 0 Å². The van der Waals surface area contributed by atoms with Gasteiger partial charge in [-0.25, -0.2) is 9.59 Å². The predicted octanol–water partition coefficient (Wildman–Crippen LogP) is 3.55. The highest BCUT2D eigenvalue weighted by Crippen LogP contribution is 2.23. The second kappa shape index (κ2) is 25.7. The second-order valence-corrected chi connectivity index (χ2v) is 18.9. The van der Waals surface area contributed by atoms with Gasteiger partial charge in [-0.3, -0.25) is 28.9 Å². The number of nitrogens with one attached hydrogen (secondary N) is 5. The number of hydrogen-bond acceptors (Lipinski definition) is 11. The van der Waals surface area contributed by atoms with Crippen LogP contribution in [0.2, 0.25) is 0 Å². The van der Waals surface area contributed by atoms with Crippen molar-refractivity contribution < 1.29 is 48.1 Å². The van der Waals surface area contributed by atoms with Crippen LogP contribution >= 0.6 is 0 Å². The lowest BCUT2D eigenvalue weighted by Gasteiger charge is -2.33. The molecule has 1 aliphatic heterocycles. The van der Waals surface area contributed by atoms with E-state index in [2.05, 4.69) is 26.6 Å². The molecule has 0 aliphatic carbocycles. The molecule has 3 aromatic rings. The number of carbonyl (C=O) groups is 7. The first-order valence-corrected chi connectivity index (χ1v) is 23.4. The Labute approximate surface area is 400 Å². The van der Waals surface area contributed by atoms with Crippen molar-refractivity contribution in [2.24, 2.45) is 17.6 Å². The number of benzene rings is 3. The van der Waals surface area contributed by atoms with Gasteiger partial charge in [0, 0.05) is 13.0 Å². The van der Waals surface area contributed by atoms with E-state index in [0.29, 0.717) is 31.4 Å². The van der Waals surface area contributed by atoms with E-state index in [1.54, 1.807) is 45.6 Å². The van der Waals surface area contributed by atoms with Gasteiger partial charge >= 0.3 is 12.1 Å². The Balaban J connectivity index is 1.56. The Bertz CT molecular complexity index is 2170. The van der Waals surface area contributed by atoms with Gasteiger partial charge in [-0.2, -0.15) is 0 Å². The van der Waals surface area contributed by atoms with Gasteiger partial charge in [0.05, 0.1) is 31.7 Å². The highest BCUT2D eigenvalue weighted by molar-refractivity contribution is 5.95. The minimum atomic E-state index is -1.52. The molecule has 8 N–H and O–H groups in total. The average molecular weight is 942 g/mol. The Morgan fingerprint density at radius 1 is 0.750 bits per heavy atom. The first-order valence-electron chi connectivity index (χ1n) is 23.4. The van der Waals surface area contributed by atoms with Gasteiger partial charge in [0.1, 0.15) is 29.8 Å². The molecule has 370 valence electrons. The molecule has 0 aromatic heterocycles. The molecule has 0 saturated carbocycles. The maximum Gasteiger partial charge on any atom is 0.408 e. The number of nitrogens with two attached hydrogens (primary N) is 1. The summed E-state index contributed by atoms with van der Waals surface area (Å²) < 4.78 is 10.4. The van der Waals surface area contributed by atoms with Crippen molar-refractivity contribution in [3.63, 3.8) is 0 Å². The monoisotopic (exact) mass is 942 g/mol. The number of β-amino-alcohol motifs (C(OH)–C–C–N with tert-alkyl or cyclic N) is 1. The topological polar surface area (TPSA) is 248 Å². The van der Waals surface area contributed by atoms with Crippen LogP contribution < -0.4 is 32.3 Å². The zero-order chi connectivity index (χ0) is 50.1. The van der Waals surface area contributed by atoms with Crippen molar-refractivity contribution in [3.05, 3.63) is 96.1 Å². The Hall–Kier alpha value is -6.33. The SMILES string of the molecule is CCC(C)[C@H](NC(=O)[C@@H]1CCCN1CC(O)[C@H](Cc1ccccc1)NC(=O)[C@H](CC(N)=O)NC(=O)[C@H](Cc1cccc(-c2ccccc2)c1)NC(=O)OC(C)(C)C)C(=O)N[C@H](C(=O)OC)C(C)C. The summed E-state index contributed by atoms with van der Waals surface area (Å²) in [5.74, 6) is -4.61. The lowest BCUT2D eigenvalue weighted by atomic mass is 9.96. The minimum Gasteiger partial charge on any atom is -0.467 e. The van der Waals surface area contributed by atoms with Crippen LogP contribution in [-0.4, -0.2) is 120 Å². The van der Waals surface area contributed by atoms with Gasteiger partial charge in [-0.1, -0.05) is 119 Å². The highest BCUT2D eigenvalue weighted by Gasteiger charge is 2.39. The standard InChI is InChI=1S/C51H71N7O10/c1-9-32(4)44(48(64)56-43(31(2)3)49(65)67-8)57-47(63)40-24-17-25-58(40)30-41(59)37(27-33-18-12-10-13-19-33)53-46(62)39(29-42(52)60)54-45(61)38(55-50(66)68-51(5,6)7)28-34-20-16-23-36(26-34)35-21-14-11-15-22-35/h10-16,18-23,26,31-32,37-41,43-44,59H,9,17,24-25,27-30H2,1-8H3,(H2,52,60)(H,53,62)(H,54,61)(H,55,66)(H,56,64)(H,57,63)/t32?,37-,38-,39-,40-,41?,43-,44-/m0/s1. The Morgan fingerprint density at radius 2 is 1.37 bits per heavy atom. The number of esters is 1. The fourth-order valence-corrected chi connectivity index (χ4v) is 8.05. The van der Waals surface area contributed by atoms with E-state index >= 15 is 0 Å². The van der Waals surface area contributed by atoms with Crippen LogP contribution in [0, 0.1) is 11.8 Å². The summed E-state index contributed by atoms with van der Waals surface area (Å²) in [6.45, 7) is 12.7. The molecule has 17 heteroatoms. The van der Waals surface area contributed by atoms with E-state index in [9.17, 15) is 38.7 Å². The third kappa shape index (κ3) is 16.8. The molecule has 0 spiro atoms. The third-order valence-corrected chi connectivity index (χ3v) is 11.9. The average Bonchev–Trinajstić information content (AvgIpc) is 3.76. The van der Waals surface area contributed by atoms with Crippen molar-refractivity contribution in [2.75, 3.05) is 20.2 Å². The molecule has 1 fully saturated rings. The van der Waals surface area contributed by atoms with Crippen molar-refractivity contribution in [3.8, 4) is 11.1 Å². The molecule has 0 bridgehead atoms. The normalized spacial score (nSPS) is 17.0. The molecule has 2 unspecified atom stereocenters. The van der Waals surface area contributed by atoms with Gasteiger partial charge in [-0.05, 0) is 80.7 Å². The Morgan fingerprint density at radius 3 is 1.97 bits per heavy atom. The maximum atomic E-state index is 14.3. The van der Waals surface area contributed by atoms with Crippen molar-refractivity contribution >= 4 is 41.6 Å². The van der Waals surface area contributed by atoms with Crippen molar-refractivity contribution in [1.29, 1.82) is 0 Å². The van der Waals surface area contributed by atoms with Crippen LogP contribution in [0.25, 0.3) is 11.1 Å². The molecule has 4 rings (SSSR count). The number of nitrogens with zero attached hydrogens (tertiary/aromatic N) is 1. The molecule has 68 heavy (non-hydrogen) atoms. The van der Waals surface area contributed by atoms with Crippen LogP contribution in [0.4, 0.5) is 4.79 Å². The van der Waals surface area contributed by atoms with Gasteiger partial charge < -0.3 is 46.9 Å². The number of likely N-dealkylation sites (tertiary alicyclic amines) is 1. The summed E-state index contributed by atoms with van der Waals surface area (Å²) in [4.78, 5) is 95.9. The van der Waals surface area contributed by atoms with Crippen LogP contribution in [0.3, 0.4) is 0 Å². The predicted molar refractivity (Wildman–Crippen MR) is 257 cm³/mol. The zero-order valence-electron chi connectivity index (χ0n) is 40.6. The summed E-state index contributed by atoms with van der Waals surface area (Å²) >= 11 is 0. The molecular weight excluding hydrogens is 871 g/mol. The van der Waals surface area contributed by atoms with E-state index < -0.39 is 96.0 Å². The summed E-state index contributed by atoms with van der Waals surface area (Å²) in [5.41, 5.74) is 8.01. The van der Waals surface area contributed by atoms with Crippen LogP contribution in [0.1, 0.15) is 85.3 Å². The lowest BCUT2D eigenvalue weighted by molar-refractivity contribution is -0.147. The number of aliphatic hydroxyl groups excluding tert-OH is 1. The number of hydrogen-bond donors (Lipinski definition) is 7. The van der Waals surface area contributed by atoms with E-state index in [1.165, 1.54) is 7.11 Å². The van der Waals surface area contributed by atoms with Crippen LogP contribution in [-0.2, 0) is 51.1 Å².